The first-order valence-corrected chi connectivity index (χ1v) is 14.2. The summed E-state index contributed by atoms with van der Waals surface area (Å²) in [7, 11) is 0. The van der Waals surface area contributed by atoms with E-state index in [1.54, 1.807) is 18.6 Å². The lowest BCUT2D eigenvalue weighted by atomic mass is 9.50. The number of phenols is 1. The lowest BCUT2D eigenvalue weighted by molar-refractivity contribution is -0.138. The van der Waals surface area contributed by atoms with Crippen LogP contribution in [0.25, 0.3) is 6.08 Å². The Balaban J connectivity index is 1.27. The summed E-state index contributed by atoms with van der Waals surface area (Å²) in [5.41, 5.74) is 3.13. The van der Waals surface area contributed by atoms with E-state index in [0.717, 1.165) is 55.0 Å². The van der Waals surface area contributed by atoms with E-state index in [4.69, 9.17) is 9.15 Å². The summed E-state index contributed by atoms with van der Waals surface area (Å²) in [6.07, 6.45) is 13.5. The van der Waals surface area contributed by atoms with Gasteiger partial charge in [-0.2, -0.15) is 0 Å². The van der Waals surface area contributed by atoms with Crippen LogP contribution in [0.3, 0.4) is 0 Å². The molecule has 1 aromatic carbocycles. The van der Waals surface area contributed by atoms with Crippen molar-refractivity contribution in [2.45, 2.75) is 76.0 Å². The van der Waals surface area contributed by atoms with Crippen LogP contribution in [0, 0.1) is 17.8 Å². The third-order valence-electron chi connectivity index (χ3n) is 9.82. The number of hydrogen-bond donors (Lipinski definition) is 1. The Morgan fingerprint density at radius 1 is 1.24 bits per heavy atom. The first-order chi connectivity index (χ1) is 18.0. The number of ether oxygens (including phenoxy) is 1. The van der Waals surface area contributed by atoms with Gasteiger partial charge in [-0.15, -0.1) is 0 Å². The number of furan rings is 1. The number of aromatic hydroxyl groups is 1. The quantitative estimate of drug-likeness (QED) is 0.540. The highest BCUT2D eigenvalue weighted by molar-refractivity contribution is 5.92. The van der Waals surface area contributed by atoms with Crippen molar-refractivity contribution >= 4 is 12.0 Å². The van der Waals surface area contributed by atoms with Crippen molar-refractivity contribution in [2.24, 2.45) is 17.8 Å². The van der Waals surface area contributed by atoms with Gasteiger partial charge in [0.15, 0.2) is 0 Å². The molecule has 1 aromatic heterocycles. The van der Waals surface area contributed by atoms with Crippen LogP contribution < -0.4 is 4.74 Å². The molecule has 5 atom stereocenters. The Morgan fingerprint density at radius 2 is 2.11 bits per heavy atom. The molecule has 6 nitrogen and oxygen atoms in total. The van der Waals surface area contributed by atoms with Gasteiger partial charge in [0, 0.05) is 47.3 Å². The Bertz CT molecular complexity index is 1220. The molecule has 37 heavy (non-hydrogen) atoms. The van der Waals surface area contributed by atoms with Crippen LogP contribution in [0.1, 0.15) is 62.6 Å². The van der Waals surface area contributed by atoms with Crippen LogP contribution in [-0.2, 0) is 16.6 Å². The number of amides is 1. The number of carbonyl (C=O) groups excluding carboxylic acids is 1. The molecule has 1 N–H and O–H groups in total. The van der Waals surface area contributed by atoms with Crippen molar-refractivity contribution in [3.05, 3.63) is 53.5 Å². The first-order valence-electron chi connectivity index (χ1n) is 14.2. The van der Waals surface area contributed by atoms with E-state index in [2.05, 4.69) is 23.6 Å². The normalized spacial score (nSPS) is 32.0. The fourth-order valence-electron chi connectivity index (χ4n) is 8.20. The highest BCUT2D eigenvalue weighted by Crippen LogP contribution is 2.64. The van der Waals surface area contributed by atoms with Gasteiger partial charge >= 0.3 is 0 Å². The fourth-order valence-corrected chi connectivity index (χ4v) is 8.20. The maximum absolute atomic E-state index is 13.7. The predicted octanol–water partition coefficient (Wildman–Crippen LogP) is 5.00. The number of nitrogens with zero attached hydrogens (tertiary/aromatic N) is 2. The second-order valence-electron chi connectivity index (χ2n) is 12.5. The predicted molar refractivity (Wildman–Crippen MR) is 141 cm³/mol. The molecule has 196 valence electrons. The van der Waals surface area contributed by atoms with Crippen molar-refractivity contribution in [3.63, 3.8) is 0 Å². The third kappa shape index (κ3) is 3.66. The van der Waals surface area contributed by atoms with Crippen molar-refractivity contribution in [3.8, 4) is 11.5 Å². The number of likely N-dealkylation sites (tertiary alicyclic amines) is 1. The van der Waals surface area contributed by atoms with Gasteiger partial charge in [0.1, 0.15) is 17.6 Å². The maximum atomic E-state index is 13.7. The van der Waals surface area contributed by atoms with Crippen LogP contribution in [0.2, 0.25) is 0 Å². The molecule has 0 radical (unpaired) electrons. The number of hydrogen-bond acceptors (Lipinski definition) is 5. The number of piperidine rings is 1. The first kappa shape index (κ1) is 23.4. The lowest BCUT2D eigenvalue weighted by Crippen LogP contribution is -2.69. The second-order valence-corrected chi connectivity index (χ2v) is 12.5. The summed E-state index contributed by atoms with van der Waals surface area (Å²) in [4.78, 5) is 18.5. The van der Waals surface area contributed by atoms with Crippen LogP contribution >= 0.6 is 0 Å². The Labute approximate surface area is 219 Å². The molecule has 2 aliphatic heterocycles. The molecular formula is C31H38N2O4. The van der Waals surface area contributed by atoms with E-state index in [0.29, 0.717) is 30.2 Å². The van der Waals surface area contributed by atoms with E-state index in [1.165, 1.54) is 24.9 Å². The molecule has 2 aromatic rings. The molecule has 3 heterocycles. The Kier molecular flexibility index (Phi) is 5.47. The van der Waals surface area contributed by atoms with Gasteiger partial charge < -0.3 is 19.2 Å². The number of benzene rings is 1. The molecule has 1 spiro atoms. The van der Waals surface area contributed by atoms with Crippen LogP contribution in [0.15, 0.2) is 41.2 Å². The molecule has 3 fully saturated rings. The molecule has 2 bridgehead atoms. The van der Waals surface area contributed by atoms with Crippen molar-refractivity contribution in [1.82, 2.24) is 9.80 Å². The van der Waals surface area contributed by atoms with Crippen molar-refractivity contribution in [2.75, 3.05) is 19.6 Å². The number of carbonyl (C=O) groups is 1. The molecular weight excluding hydrogens is 464 g/mol. The minimum absolute atomic E-state index is 0.0104. The van der Waals surface area contributed by atoms with Gasteiger partial charge in [0.25, 0.3) is 0 Å². The highest BCUT2D eigenvalue weighted by atomic mass is 16.5. The minimum atomic E-state index is -0.126. The van der Waals surface area contributed by atoms with E-state index in [-0.39, 0.29) is 23.5 Å². The summed E-state index contributed by atoms with van der Waals surface area (Å²) >= 11 is 0. The van der Waals surface area contributed by atoms with E-state index >= 15 is 0 Å². The van der Waals surface area contributed by atoms with Gasteiger partial charge in [-0.3, -0.25) is 9.69 Å². The summed E-state index contributed by atoms with van der Waals surface area (Å²) in [5, 5.41) is 11.0. The molecule has 7 rings (SSSR count). The van der Waals surface area contributed by atoms with Crippen molar-refractivity contribution in [1.29, 1.82) is 0 Å². The Hall–Kier alpha value is -2.73. The van der Waals surface area contributed by atoms with E-state index in [1.807, 2.05) is 24.3 Å². The highest BCUT2D eigenvalue weighted by Gasteiger charge is 2.66. The molecule has 0 unspecified atom stereocenters. The zero-order valence-corrected chi connectivity index (χ0v) is 21.9. The van der Waals surface area contributed by atoms with Gasteiger partial charge in [-0.05, 0) is 87.1 Å². The average Bonchev–Trinajstić information content (AvgIpc) is 3.41. The monoisotopic (exact) mass is 502 g/mol. The summed E-state index contributed by atoms with van der Waals surface area (Å²) in [5.74, 6) is 3.10. The largest absolute Gasteiger partial charge is 0.508 e. The zero-order valence-electron chi connectivity index (χ0n) is 21.9. The number of phenolic OH excluding ortho intramolecular Hbond substituents is 1. The average molecular weight is 503 g/mol. The molecule has 5 aliphatic rings. The fraction of sp³-hybridized carbons (Fsp3) is 0.581. The molecule has 1 saturated heterocycles. The van der Waals surface area contributed by atoms with Gasteiger partial charge in [-0.1, -0.05) is 13.8 Å². The second kappa shape index (κ2) is 8.65. The van der Waals surface area contributed by atoms with Gasteiger partial charge in [-0.25, -0.2) is 0 Å². The van der Waals surface area contributed by atoms with E-state index in [9.17, 15) is 9.90 Å². The smallest absolute Gasteiger partial charge is 0.246 e. The summed E-state index contributed by atoms with van der Waals surface area (Å²) in [6, 6.07) is 6.12. The van der Waals surface area contributed by atoms with Gasteiger partial charge in [0.05, 0.1) is 18.6 Å². The standard InChI is InChI=1S/C31H38N2O4/c1-19(2)16-33(28(35)10-5-21-11-14-36-18-21)24-7-6-23-25-15-22-26(34)8-9-27-29(22)31(23,30(24)37-27)12-13-32(25)17-20-3-4-20/h5,8-11,14,18-20,23-25,30,34H,3-4,6-7,12-13,15-17H2,1-2H3/b10-5+/t23-,24-,25+,30-,31-/m0/s1. The minimum Gasteiger partial charge on any atom is -0.508 e. The molecule has 3 aliphatic carbocycles. The zero-order chi connectivity index (χ0) is 25.3. The SMILES string of the molecule is CC(C)CN(C(=O)/C=C/c1ccoc1)[C@H]1CC[C@H]2[C@H]3Cc4c(O)ccc5c4[C@@]2(CCN3CC2CC2)[C@H]1O5. The van der Waals surface area contributed by atoms with E-state index < -0.39 is 0 Å². The summed E-state index contributed by atoms with van der Waals surface area (Å²) in [6.45, 7) is 7.33. The Morgan fingerprint density at radius 3 is 2.86 bits per heavy atom. The molecule has 6 heteroatoms. The molecule has 2 saturated carbocycles. The maximum Gasteiger partial charge on any atom is 0.246 e. The van der Waals surface area contributed by atoms with Crippen molar-refractivity contribution < 1.29 is 19.1 Å². The van der Waals surface area contributed by atoms with Crippen LogP contribution in [-0.4, -0.2) is 58.6 Å². The molecule has 1 amide bonds. The van der Waals surface area contributed by atoms with Crippen LogP contribution in [0.4, 0.5) is 0 Å². The number of rotatable bonds is 7. The summed E-state index contributed by atoms with van der Waals surface area (Å²) < 4.78 is 12.1. The third-order valence-corrected chi connectivity index (χ3v) is 9.82. The van der Waals surface area contributed by atoms with Gasteiger partial charge in [0.2, 0.25) is 5.91 Å². The lowest BCUT2D eigenvalue weighted by Gasteiger charge is -2.60. The topological polar surface area (TPSA) is 66.2 Å². The van der Waals surface area contributed by atoms with Crippen LogP contribution in [0.5, 0.6) is 11.5 Å².